The van der Waals surface area contributed by atoms with E-state index < -0.39 is 0 Å². The smallest absolute Gasteiger partial charge is 0.321 e. The summed E-state index contributed by atoms with van der Waals surface area (Å²) in [4.78, 5) is 14.1. The van der Waals surface area contributed by atoms with E-state index in [9.17, 15) is 4.79 Å². The molecule has 0 radical (unpaired) electrons. The fraction of sp³-hybridized carbons (Fsp3) is 0.588. The van der Waals surface area contributed by atoms with Crippen LogP contribution in [0.4, 0.5) is 10.5 Å². The predicted molar refractivity (Wildman–Crippen MR) is 82.1 cm³/mol. The van der Waals surface area contributed by atoms with Crippen LogP contribution < -0.4 is 10.2 Å². The fourth-order valence-electron chi connectivity index (χ4n) is 3.50. The van der Waals surface area contributed by atoms with Gasteiger partial charge in [-0.2, -0.15) is 0 Å². The molecule has 3 heteroatoms. The van der Waals surface area contributed by atoms with Gasteiger partial charge in [0.2, 0.25) is 0 Å². The van der Waals surface area contributed by atoms with Gasteiger partial charge in [0.05, 0.1) is 0 Å². The highest BCUT2D eigenvalue weighted by atomic mass is 16.2. The first-order chi connectivity index (χ1) is 9.84. The van der Waals surface area contributed by atoms with Crippen LogP contribution in [0.5, 0.6) is 0 Å². The number of hydrogen-bond donors (Lipinski definition) is 1. The van der Waals surface area contributed by atoms with Crippen molar-refractivity contribution in [2.45, 2.75) is 44.9 Å². The Morgan fingerprint density at radius 2 is 2.00 bits per heavy atom. The van der Waals surface area contributed by atoms with E-state index in [1.165, 1.54) is 37.7 Å². The Hall–Kier alpha value is -1.51. The Balaban J connectivity index is 1.48. The van der Waals surface area contributed by atoms with Crippen molar-refractivity contribution in [3.63, 3.8) is 0 Å². The number of carbonyl (C=O) groups is 1. The maximum absolute atomic E-state index is 12.3. The van der Waals surface area contributed by atoms with Crippen molar-refractivity contribution in [3.8, 4) is 0 Å². The highest BCUT2D eigenvalue weighted by Crippen LogP contribution is 2.28. The normalized spacial score (nSPS) is 18.9. The van der Waals surface area contributed by atoms with Crippen molar-refractivity contribution in [2.24, 2.45) is 5.92 Å². The first kappa shape index (κ1) is 13.5. The third-order valence-electron chi connectivity index (χ3n) is 4.69. The van der Waals surface area contributed by atoms with Crippen LogP contribution in [0.25, 0.3) is 0 Å². The monoisotopic (exact) mass is 272 g/mol. The molecule has 1 aromatic rings. The van der Waals surface area contributed by atoms with Gasteiger partial charge in [0.25, 0.3) is 0 Å². The highest BCUT2D eigenvalue weighted by molar-refractivity contribution is 5.94. The molecule has 0 aromatic heterocycles. The fourth-order valence-corrected chi connectivity index (χ4v) is 3.50. The van der Waals surface area contributed by atoms with Gasteiger partial charge in [-0.15, -0.1) is 0 Å². The van der Waals surface area contributed by atoms with Crippen molar-refractivity contribution in [2.75, 3.05) is 18.0 Å². The summed E-state index contributed by atoms with van der Waals surface area (Å²) in [5.74, 6) is 0.829. The molecule has 0 saturated heterocycles. The first-order valence-electron chi connectivity index (χ1n) is 7.98. The largest absolute Gasteiger partial charge is 0.338 e. The van der Waals surface area contributed by atoms with Crippen LogP contribution in [-0.4, -0.2) is 19.1 Å². The molecule has 1 N–H and O–H groups in total. The summed E-state index contributed by atoms with van der Waals surface area (Å²) in [5, 5.41) is 3.10. The highest BCUT2D eigenvalue weighted by Gasteiger charge is 2.23. The number of urea groups is 1. The van der Waals surface area contributed by atoms with Gasteiger partial charge in [0.1, 0.15) is 0 Å². The topological polar surface area (TPSA) is 32.3 Å². The van der Waals surface area contributed by atoms with Crippen molar-refractivity contribution >= 4 is 11.7 Å². The van der Waals surface area contributed by atoms with Crippen LogP contribution in [0.2, 0.25) is 0 Å². The van der Waals surface area contributed by atoms with Crippen molar-refractivity contribution in [1.82, 2.24) is 5.32 Å². The van der Waals surface area contributed by atoms with Gasteiger partial charge >= 0.3 is 6.03 Å². The third kappa shape index (κ3) is 2.97. The van der Waals surface area contributed by atoms with E-state index in [1.54, 1.807) is 0 Å². The average molecular weight is 272 g/mol. The molecular weight excluding hydrogens is 248 g/mol. The van der Waals surface area contributed by atoms with E-state index in [1.807, 2.05) is 23.1 Å². The van der Waals surface area contributed by atoms with Crippen LogP contribution in [0, 0.1) is 5.92 Å². The zero-order valence-corrected chi connectivity index (χ0v) is 12.1. The Kier molecular flexibility index (Phi) is 4.24. The molecular formula is C17H24N2O. The Morgan fingerprint density at radius 3 is 2.85 bits per heavy atom. The number of nitrogens with zero attached hydrogens (tertiary/aromatic N) is 1. The standard InChI is InChI=1S/C17H24N2O/c20-17(18-12-10-14-6-2-1-3-7-14)19-13-11-15-8-4-5-9-16(15)19/h4-5,8-9,14H,1-3,6-7,10-13H2,(H,18,20). The molecule has 1 fully saturated rings. The zero-order chi connectivity index (χ0) is 13.8. The minimum absolute atomic E-state index is 0.0748. The van der Waals surface area contributed by atoms with Gasteiger partial charge in [0.15, 0.2) is 0 Å². The maximum Gasteiger partial charge on any atom is 0.321 e. The lowest BCUT2D eigenvalue weighted by Crippen LogP contribution is -2.39. The molecule has 1 aliphatic heterocycles. The van der Waals surface area contributed by atoms with Gasteiger partial charge in [-0.05, 0) is 30.4 Å². The molecule has 1 heterocycles. The molecule has 2 amide bonds. The van der Waals surface area contributed by atoms with Crippen LogP contribution in [0.1, 0.15) is 44.1 Å². The summed E-state index contributed by atoms with van der Waals surface area (Å²) in [6.45, 7) is 1.64. The van der Waals surface area contributed by atoms with E-state index >= 15 is 0 Å². The number of nitrogens with one attached hydrogen (secondary N) is 1. The lowest BCUT2D eigenvalue weighted by Gasteiger charge is -2.23. The van der Waals surface area contributed by atoms with E-state index in [0.717, 1.165) is 37.5 Å². The number of rotatable bonds is 3. The second kappa shape index (κ2) is 6.29. The van der Waals surface area contributed by atoms with Crippen molar-refractivity contribution < 1.29 is 4.79 Å². The van der Waals surface area contributed by atoms with E-state index in [2.05, 4.69) is 11.4 Å². The van der Waals surface area contributed by atoms with Crippen molar-refractivity contribution in [3.05, 3.63) is 29.8 Å². The molecule has 3 nitrogen and oxygen atoms in total. The second-order valence-electron chi connectivity index (χ2n) is 6.05. The molecule has 0 bridgehead atoms. The summed E-state index contributed by atoms with van der Waals surface area (Å²) >= 11 is 0. The average Bonchev–Trinajstić information content (AvgIpc) is 2.92. The molecule has 0 unspecified atom stereocenters. The number of hydrogen-bond acceptors (Lipinski definition) is 1. The quantitative estimate of drug-likeness (QED) is 0.893. The molecule has 108 valence electrons. The van der Waals surface area contributed by atoms with Crippen molar-refractivity contribution in [1.29, 1.82) is 0 Å². The number of benzene rings is 1. The van der Waals surface area contributed by atoms with Gasteiger partial charge < -0.3 is 5.32 Å². The molecule has 20 heavy (non-hydrogen) atoms. The lowest BCUT2D eigenvalue weighted by atomic mass is 9.87. The minimum Gasteiger partial charge on any atom is -0.338 e. The summed E-state index contributed by atoms with van der Waals surface area (Å²) in [6, 6.07) is 8.29. The van der Waals surface area contributed by atoms with Gasteiger partial charge in [-0.3, -0.25) is 4.90 Å². The maximum atomic E-state index is 12.3. The molecule has 1 saturated carbocycles. The SMILES string of the molecule is O=C(NCCC1CCCCC1)N1CCc2ccccc21. The third-order valence-corrected chi connectivity index (χ3v) is 4.69. The minimum atomic E-state index is 0.0748. The van der Waals surface area contributed by atoms with Crippen LogP contribution in [0.3, 0.4) is 0 Å². The van der Waals surface area contributed by atoms with Crippen LogP contribution in [-0.2, 0) is 6.42 Å². The molecule has 1 aromatic carbocycles. The van der Waals surface area contributed by atoms with Gasteiger partial charge in [-0.25, -0.2) is 4.79 Å². The summed E-state index contributed by atoms with van der Waals surface area (Å²) < 4.78 is 0. The summed E-state index contributed by atoms with van der Waals surface area (Å²) in [6.07, 6.45) is 8.96. The van der Waals surface area contributed by atoms with Gasteiger partial charge in [0, 0.05) is 18.8 Å². The Labute approximate surface area is 121 Å². The molecule has 2 aliphatic rings. The number of amides is 2. The summed E-state index contributed by atoms with van der Waals surface area (Å²) in [5.41, 5.74) is 2.37. The Bertz CT molecular complexity index is 466. The number of para-hydroxylation sites is 1. The zero-order valence-electron chi connectivity index (χ0n) is 12.1. The molecule has 0 spiro atoms. The Morgan fingerprint density at radius 1 is 1.20 bits per heavy atom. The number of anilines is 1. The van der Waals surface area contributed by atoms with Crippen LogP contribution >= 0.6 is 0 Å². The van der Waals surface area contributed by atoms with E-state index in [0.29, 0.717) is 0 Å². The number of fused-ring (bicyclic) bond motifs is 1. The second-order valence-corrected chi connectivity index (χ2v) is 6.05. The van der Waals surface area contributed by atoms with E-state index in [-0.39, 0.29) is 6.03 Å². The van der Waals surface area contributed by atoms with Gasteiger partial charge in [-0.1, -0.05) is 50.3 Å². The summed E-state index contributed by atoms with van der Waals surface area (Å²) in [7, 11) is 0. The first-order valence-corrected chi connectivity index (χ1v) is 7.98. The number of carbonyl (C=O) groups excluding carboxylic acids is 1. The molecule has 1 aliphatic carbocycles. The van der Waals surface area contributed by atoms with Crippen LogP contribution in [0.15, 0.2) is 24.3 Å². The molecule has 3 rings (SSSR count). The lowest BCUT2D eigenvalue weighted by molar-refractivity contribution is 0.244. The predicted octanol–water partition coefficient (Wildman–Crippen LogP) is 3.73. The molecule has 0 atom stereocenters. The van der Waals surface area contributed by atoms with E-state index in [4.69, 9.17) is 0 Å².